The summed E-state index contributed by atoms with van der Waals surface area (Å²) in [6.45, 7) is 0.937. The van der Waals surface area contributed by atoms with Gasteiger partial charge in [-0.2, -0.15) is 0 Å². The molecular formula is C11H14N2O. The van der Waals surface area contributed by atoms with Crippen molar-refractivity contribution in [3.8, 4) is 5.75 Å². The quantitative estimate of drug-likeness (QED) is 0.670. The summed E-state index contributed by atoms with van der Waals surface area (Å²) in [4.78, 5) is 6.42. The van der Waals surface area contributed by atoms with Crippen LogP contribution in [0.1, 0.15) is 11.1 Å². The molecule has 0 atom stereocenters. The van der Waals surface area contributed by atoms with Crippen LogP contribution in [0.15, 0.2) is 23.2 Å². The molecule has 0 amide bonds. The smallest absolute Gasteiger partial charge is 0.131 e. The Morgan fingerprint density at radius 2 is 2.21 bits per heavy atom. The highest BCUT2D eigenvalue weighted by molar-refractivity contribution is 6.02. The topological polar surface area (TPSA) is 24.8 Å². The monoisotopic (exact) mass is 190 g/mol. The Balaban J connectivity index is 2.50. The summed E-state index contributed by atoms with van der Waals surface area (Å²) >= 11 is 0. The Morgan fingerprint density at radius 1 is 1.43 bits per heavy atom. The molecule has 0 saturated heterocycles. The Labute approximate surface area is 84.0 Å². The van der Waals surface area contributed by atoms with Crippen molar-refractivity contribution in [3.63, 3.8) is 0 Å². The second-order valence-corrected chi connectivity index (χ2v) is 3.43. The number of amidine groups is 1. The van der Waals surface area contributed by atoms with Gasteiger partial charge >= 0.3 is 0 Å². The van der Waals surface area contributed by atoms with Gasteiger partial charge in [0.05, 0.1) is 7.11 Å². The van der Waals surface area contributed by atoms with E-state index in [1.165, 1.54) is 11.1 Å². The first kappa shape index (κ1) is 9.06. The lowest BCUT2D eigenvalue weighted by Gasteiger charge is -2.10. The summed E-state index contributed by atoms with van der Waals surface area (Å²) in [6.07, 6.45) is 0. The number of aliphatic imine (C=N–C) groups is 1. The molecule has 1 aromatic carbocycles. The molecule has 74 valence electrons. The molecule has 0 bridgehead atoms. The van der Waals surface area contributed by atoms with Crippen LogP contribution in [-0.4, -0.2) is 31.9 Å². The standard InChI is InChI=1S/C11H14N2O/c1-12-11-10-6-9(14-3)5-4-8(10)7-13(11)2/h4-6H,7H2,1-3H3. The van der Waals surface area contributed by atoms with Gasteiger partial charge in [-0.05, 0) is 17.7 Å². The fourth-order valence-electron chi connectivity index (χ4n) is 1.86. The molecule has 14 heavy (non-hydrogen) atoms. The molecule has 0 fully saturated rings. The van der Waals surface area contributed by atoms with Crippen LogP contribution in [0.2, 0.25) is 0 Å². The Bertz CT molecular complexity index is 385. The number of hydrogen-bond donors (Lipinski definition) is 0. The van der Waals surface area contributed by atoms with E-state index in [4.69, 9.17) is 4.74 Å². The van der Waals surface area contributed by atoms with Gasteiger partial charge in [0.15, 0.2) is 0 Å². The van der Waals surface area contributed by atoms with Crippen molar-refractivity contribution in [2.24, 2.45) is 4.99 Å². The van der Waals surface area contributed by atoms with Crippen LogP contribution in [0.3, 0.4) is 0 Å². The third kappa shape index (κ3) is 1.25. The van der Waals surface area contributed by atoms with Gasteiger partial charge in [0.25, 0.3) is 0 Å². The first-order valence-corrected chi connectivity index (χ1v) is 4.61. The summed E-state index contributed by atoms with van der Waals surface area (Å²) in [5, 5.41) is 0. The van der Waals surface area contributed by atoms with Gasteiger partial charge in [-0.25, -0.2) is 0 Å². The van der Waals surface area contributed by atoms with E-state index in [0.717, 1.165) is 18.1 Å². The van der Waals surface area contributed by atoms with Gasteiger partial charge in [-0.1, -0.05) is 6.07 Å². The van der Waals surface area contributed by atoms with Crippen LogP contribution in [0.5, 0.6) is 5.75 Å². The van der Waals surface area contributed by atoms with Crippen LogP contribution < -0.4 is 4.74 Å². The molecule has 0 aromatic heterocycles. The highest BCUT2D eigenvalue weighted by atomic mass is 16.5. The zero-order valence-electron chi connectivity index (χ0n) is 8.74. The van der Waals surface area contributed by atoms with Crippen LogP contribution in [-0.2, 0) is 6.54 Å². The fourth-order valence-corrected chi connectivity index (χ4v) is 1.86. The average Bonchev–Trinajstić information content (AvgIpc) is 2.52. The lowest BCUT2D eigenvalue weighted by molar-refractivity contribution is 0.414. The first-order chi connectivity index (χ1) is 6.76. The predicted octanol–water partition coefficient (Wildman–Crippen LogP) is 1.52. The molecule has 2 rings (SSSR count). The summed E-state index contributed by atoms with van der Waals surface area (Å²) in [5.74, 6) is 1.93. The van der Waals surface area contributed by atoms with E-state index in [0.29, 0.717) is 0 Å². The summed E-state index contributed by atoms with van der Waals surface area (Å²) in [7, 11) is 5.55. The van der Waals surface area contributed by atoms with Gasteiger partial charge in [0.1, 0.15) is 11.6 Å². The van der Waals surface area contributed by atoms with Crippen molar-refractivity contribution in [2.75, 3.05) is 21.2 Å². The lowest BCUT2D eigenvalue weighted by Crippen LogP contribution is -2.18. The molecule has 3 heteroatoms. The third-order valence-electron chi connectivity index (χ3n) is 2.54. The zero-order valence-corrected chi connectivity index (χ0v) is 8.74. The zero-order chi connectivity index (χ0) is 10.1. The molecule has 0 aliphatic carbocycles. The molecule has 0 radical (unpaired) electrons. The largest absolute Gasteiger partial charge is 0.497 e. The Kier molecular flexibility index (Phi) is 2.15. The molecule has 1 aromatic rings. The van der Waals surface area contributed by atoms with Gasteiger partial charge in [0, 0.05) is 26.2 Å². The highest BCUT2D eigenvalue weighted by Crippen LogP contribution is 2.25. The number of methoxy groups -OCH3 is 1. The van der Waals surface area contributed by atoms with E-state index in [2.05, 4.69) is 23.0 Å². The van der Waals surface area contributed by atoms with Crippen molar-refractivity contribution in [1.29, 1.82) is 0 Å². The maximum Gasteiger partial charge on any atom is 0.131 e. The number of rotatable bonds is 1. The van der Waals surface area contributed by atoms with E-state index in [9.17, 15) is 0 Å². The average molecular weight is 190 g/mol. The molecule has 0 N–H and O–H groups in total. The normalized spacial score (nSPS) is 17.4. The minimum Gasteiger partial charge on any atom is -0.497 e. The lowest BCUT2D eigenvalue weighted by atomic mass is 10.1. The van der Waals surface area contributed by atoms with Crippen molar-refractivity contribution in [3.05, 3.63) is 29.3 Å². The molecule has 1 heterocycles. The SMILES string of the molecule is CN=C1c2cc(OC)ccc2CN1C. The number of ether oxygens (including phenoxy) is 1. The van der Waals surface area contributed by atoms with Crippen molar-refractivity contribution in [2.45, 2.75) is 6.54 Å². The van der Waals surface area contributed by atoms with Crippen LogP contribution in [0, 0.1) is 0 Å². The molecule has 0 saturated carbocycles. The minimum absolute atomic E-state index is 0.889. The van der Waals surface area contributed by atoms with Crippen molar-refractivity contribution >= 4 is 5.84 Å². The van der Waals surface area contributed by atoms with Crippen LogP contribution in [0.4, 0.5) is 0 Å². The molecule has 3 nitrogen and oxygen atoms in total. The third-order valence-corrected chi connectivity index (χ3v) is 2.54. The first-order valence-electron chi connectivity index (χ1n) is 4.61. The molecule has 0 unspecified atom stereocenters. The molecule has 1 aliphatic heterocycles. The summed E-state index contributed by atoms with van der Waals surface area (Å²) in [6, 6.07) is 6.13. The molecule has 0 spiro atoms. The van der Waals surface area contributed by atoms with E-state index >= 15 is 0 Å². The maximum atomic E-state index is 5.19. The van der Waals surface area contributed by atoms with Gasteiger partial charge in [0.2, 0.25) is 0 Å². The Hall–Kier alpha value is -1.51. The van der Waals surface area contributed by atoms with Crippen molar-refractivity contribution < 1.29 is 4.74 Å². The van der Waals surface area contributed by atoms with Crippen molar-refractivity contribution in [1.82, 2.24) is 4.90 Å². The van der Waals surface area contributed by atoms with Crippen LogP contribution >= 0.6 is 0 Å². The summed E-state index contributed by atoms with van der Waals surface area (Å²) in [5.41, 5.74) is 2.50. The van der Waals surface area contributed by atoms with E-state index < -0.39 is 0 Å². The summed E-state index contributed by atoms with van der Waals surface area (Å²) < 4.78 is 5.19. The highest BCUT2D eigenvalue weighted by Gasteiger charge is 2.21. The Morgan fingerprint density at radius 3 is 2.86 bits per heavy atom. The van der Waals surface area contributed by atoms with Gasteiger partial charge < -0.3 is 9.64 Å². The number of nitrogens with zero attached hydrogens (tertiary/aromatic N) is 2. The maximum absolute atomic E-state index is 5.19. The minimum atomic E-state index is 0.889. The number of hydrogen-bond acceptors (Lipinski definition) is 2. The van der Waals surface area contributed by atoms with E-state index in [-0.39, 0.29) is 0 Å². The molecule has 1 aliphatic rings. The second kappa shape index (κ2) is 3.33. The number of benzene rings is 1. The van der Waals surface area contributed by atoms with E-state index in [1.54, 1.807) is 7.11 Å². The van der Waals surface area contributed by atoms with E-state index in [1.807, 2.05) is 19.2 Å². The second-order valence-electron chi connectivity index (χ2n) is 3.43. The van der Waals surface area contributed by atoms with Crippen LogP contribution in [0.25, 0.3) is 0 Å². The van der Waals surface area contributed by atoms with Gasteiger partial charge in [-0.3, -0.25) is 4.99 Å². The molecular weight excluding hydrogens is 176 g/mol. The number of fused-ring (bicyclic) bond motifs is 1. The predicted molar refractivity (Wildman–Crippen MR) is 56.9 cm³/mol. The van der Waals surface area contributed by atoms with Gasteiger partial charge in [-0.15, -0.1) is 0 Å². The fraction of sp³-hybridized carbons (Fsp3) is 0.364.